The quantitative estimate of drug-likeness (QED) is 0.721. The van der Waals surface area contributed by atoms with E-state index in [0.29, 0.717) is 5.56 Å². The zero-order valence-corrected chi connectivity index (χ0v) is 11.5. The smallest absolute Gasteiger partial charge is 0.339 e. The monoisotopic (exact) mass is 292 g/mol. The summed E-state index contributed by atoms with van der Waals surface area (Å²) in [6, 6.07) is 15.6. The fourth-order valence-electron chi connectivity index (χ4n) is 2.39. The van der Waals surface area contributed by atoms with Crippen molar-refractivity contribution in [2.75, 3.05) is 0 Å². The van der Waals surface area contributed by atoms with E-state index in [9.17, 15) is 14.7 Å². The summed E-state index contributed by atoms with van der Waals surface area (Å²) in [4.78, 5) is 21.8. The number of carboxylic acid groups (broad SMARTS) is 1. The van der Waals surface area contributed by atoms with E-state index in [1.807, 2.05) is 30.3 Å². The molecule has 4 heteroatoms. The van der Waals surface area contributed by atoms with Crippen LogP contribution in [0.1, 0.15) is 20.7 Å². The van der Waals surface area contributed by atoms with E-state index in [1.165, 1.54) is 12.1 Å². The summed E-state index contributed by atoms with van der Waals surface area (Å²) in [6.45, 7) is 0. The highest BCUT2D eigenvalue weighted by molar-refractivity contribution is 5.98. The van der Waals surface area contributed by atoms with Gasteiger partial charge < -0.3 is 10.2 Å². The Balaban J connectivity index is 2.13. The van der Waals surface area contributed by atoms with Crippen molar-refractivity contribution in [1.82, 2.24) is 0 Å². The van der Waals surface area contributed by atoms with Gasteiger partial charge in [-0.1, -0.05) is 36.4 Å². The van der Waals surface area contributed by atoms with Gasteiger partial charge in [0, 0.05) is 5.56 Å². The normalized spacial score (nSPS) is 10.5. The van der Waals surface area contributed by atoms with Crippen LogP contribution >= 0.6 is 0 Å². The number of aromatic carboxylic acids is 1. The SMILES string of the molecule is O=Cc1ccc(-c2ccc3cc(O)c(C(=O)O)cc3c2)cc1. The van der Waals surface area contributed by atoms with E-state index in [2.05, 4.69) is 0 Å². The minimum Gasteiger partial charge on any atom is -0.507 e. The molecule has 0 bridgehead atoms. The van der Waals surface area contributed by atoms with E-state index in [1.54, 1.807) is 12.1 Å². The first kappa shape index (κ1) is 13.8. The van der Waals surface area contributed by atoms with Crippen molar-refractivity contribution >= 4 is 23.0 Å². The number of carbonyl (C=O) groups is 2. The molecule has 2 N–H and O–H groups in total. The molecule has 0 aliphatic carbocycles. The average molecular weight is 292 g/mol. The summed E-state index contributed by atoms with van der Waals surface area (Å²) >= 11 is 0. The first-order valence-electron chi connectivity index (χ1n) is 6.64. The van der Waals surface area contributed by atoms with Crippen LogP contribution in [0.2, 0.25) is 0 Å². The first-order chi connectivity index (χ1) is 10.6. The summed E-state index contributed by atoms with van der Waals surface area (Å²) in [5.74, 6) is -1.41. The zero-order chi connectivity index (χ0) is 15.7. The Labute approximate surface area is 126 Å². The van der Waals surface area contributed by atoms with Crippen LogP contribution in [0, 0.1) is 0 Å². The first-order valence-corrected chi connectivity index (χ1v) is 6.64. The second-order valence-electron chi connectivity index (χ2n) is 4.98. The van der Waals surface area contributed by atoms with Gasteiger partial charge in [-0.05, 0) is 40.1 Å². The molecule has 0 heterocycles. The molecule has 3 aromatic carbocycles. The number of phenols is 1. The van der Waals surface area contributed by atoms with E-state index in [-0.39, 0.29) is 11.3 Å². The third kappa shape index (κ3) is 2.42. The lowest BCUT2D eigenvalue weighted by molar-refractivity contribution is 0.0694. The van der Waals surface area contributed by atoms with Crippen molar-refractivity contribution in [2.24, 2.45) is 0 Å². The lowest BCUT2D eigenvalue weighted by Crippen LogP contribution is -1.96. The summed E-state index contributed by atoms with van der Waals surface area (Å²) in [7, 11) is 0. The molecule has 0 aromatic heterocycles. The van der Waals surface area contributed by atoms with Gasteiger partial charge >= 0.3 is 5.97 Å². The van der Waals surface area contributed by atoms with Gasteiger partial charge in [0.05, 0.1) is 0 Å². The minimum atomic E-state index is -1.17. The maximum atomic E-state index is 11.1. The number of hydrogen-bond donors (Lipinski definition) is 2. The number of hydrogen-bond acceptors (Lipinski definition) is 3. The van der Waals surface area contributed by atoms with Crippen molar-refractivity contribution in [3.8, 4) is 16.9 Å². The molecule has 0 unspecified atom stereocenters. The van der Waals surface area contributed by atoms with Gasteiger partial charge in [-0.15, -0.1) is 0 Å². The molecule has 4 nitrogen and oxygen atoms in total. The number of benzene rings is 3. The summed E-state index contributed by atoms with van der Waals surface area (Å²) in [6.07, 6.45) is 0.784. The second-order valence-corrected chi connectivity index (χ2v) is 4.98. The molecule has 0 spiro atoms. The molecule has 0 aliphatic rings. The van der Waals surface area contributed by atoms with E-state index in [0.717, 1.165) is 28.2 Å². The Morgan fingerprint density at radius 1 is 0.864 bits per heavy atom. The summed E-state index contributed by atoms with van der Waals surface area (Å²) in [5.41, 5.74) is 2.31. The van der Waals surface area contributed by atoms with Crippen LogP contribution in [0.5, 0.6) is 5.75 Å². The lowest BCUT2D eigenvalue weighted by Gasteiger charge is -2.07. The number of aromatic hydroxyl groups is 1. The highest BCUT2D eigenvalue weighted by atomic mass is 16.4. The zero-order valence-electron chi connectivity index (χ0n) is 11.5. The van der Waals surface area contributed by atoms with Crippen LogP contribution in [-0.2, 0) is 0 Å². The van der Waals surface area contributed by atoms with Crippen molar-refractivity contribution in [3.63, 3.8) is 0 Å². The second kappa shape index (κ2) is 5.33. The van der Waals surface area contributed by atoms with Crippen molar-refractivity contribution < 1.29 is 19.8 Å². The molecule has 0 saturated carbocycles. The molecular formula is C18H12O4. The number of carbonyl (C=O) groups excluding carboxylic acids is 1. The molecule has 0 fully saturated rings. The third-order valence-electron chi connectivity index (χ3n) is 3.57. The van der Waals surface area contributed by atoms with Gasteiger partial charge in [-0.2, -0.15) is 0 Å². The number of aldehydes is 1. The Bertz CT molecular complexity index is 879. The van der Waals surface area contributed by atoms with Crippen LogP contribution in [0.4, 0.5) is 0 Å². The average Bonchev–Trinajstić information content (AvgIpc) is 2.53. The standard InChI is InChI=1S/C18H12O4/c19-10-11-1-3-12(4-2-11)13-5-6-14-9-17(20)16(18(21)22)8-15(14)7-13/h1-10,20H,(H,21,22). The van der Waals surface area contributed by atoms with Crippen LogP contribution < -0.4 is 0 Å². The Hall–Kier alpha value is -3.14. The van der Waals surface area contributed by atoms with Gasteiger partial charge in [-0.25, -0.2) is 4.79 Å². The molecule has 0 atom stereocenters. The predicted molar refractivity (Wildman–Crippen MR) is 83.4 cm³/mol. The Morgan fingerprint density at radius 2 is 1.55 bits per heavy atom. The molecule has 3 rings (SSSR count). The third-order valence-corrected chi connectivity index (χ3v) is 3.57. The predicted octanol–water partition coefficient (Wildman–Crippen LogP) is 3.72. The highest BCUT2D eigenvalue weighted by Gasteiger charge is 2.11. The van der Waals surface area contributed by atoms with E-state index < -0.39 is 5.97 Å². The van der Waals surface area contributed by atoms with Crippen LogP contribution in [0.15, 0.2) is 54.6 Å². The van der Waals surface area contributed by atoms with Crippen LogP contribution in [0.3, 0.4) is 0 Å². The minimum absolute atomic E-state index is 0.124. The molecule has 108 valence electrons. The summed E-state index contributed by atoms with van der Waals surface area (Å²) < 4.78 is 0. The Kier molecular flexibility index (Phi) is 3.35. The van der Waals surface area contributed by atoms with E-state index >= 15 is 0 Å². The molecule has 0 radical (unpaired) electrons. The van der Waals surface area contributed by atoms with Crippen LogP contribution in [0.25, 0.3) is 21.9 Å². The van der Waals surface area contributed by atoms with Gasteiger partial charge in [0.25, 0.3) is 0 Å². The summed E-state index contributed by atoms with van der Waals surface area (Å²) in [5, 5.41) is 20.3. The van der Waals surface area contributed by atoms with Crippen LogP contribution in [-0.4, -0.2) is 22.5 Å². The highest BCUT2D eigenvalue weighted by Crippen LogP contribution is 2.29. The van der Waals surface area contributed by atoms with Gasteiger partial charge in [0.1, 0.15) is 17.6 Å². The molecule has 0 saturated heterocycles. The van der Waals surface area contributed by atoms with Gasteiger partial charge in [-0.3, -0.25) is 4.79 Å². The fourth-order valence-corrected chi connectivity index (χ4v) is 2.39. The molecular weight excluding hydrogens is 280 g/mol. The molecule has 0 amide bonds. The topological polar surface area (TPSA) is 74.6 Å². The van der Waals surface area contributed by atoms with Gasteiger partial charge in [0.15, 0.2) is 0 Å². The number of rotatable bonds is 3. The molecule has 0 aliphatic heterocycles. The van der Waals surface area contributed by atoms with Gasteiger partial charge in [0.2, 0.25) is 0 Å². The fraction of sp³-hybridized carbons (Fsp3) is 0. The number of fused-ring (bicyclic) bond motifs is 1. The number of carboxylic acids is 1. The maximum absolute atomic E-state index is 11.1. The molecule has 22 heavy (non-hydrogen) atoms. The van der Waals surface area contributed by atoms with Crippen molar-refractivity contribution in [2.45, 2.75) is 0 Å². The van der Waals surface area contributed by atoms with Crippen molar-refractivity contribution in [1.29, 1.82) is 0 Å². The van der Waals surface area contributed by atoms with Crippen molar-refractivity contribution in [3.05, 3.63) is 65.7 Å². The lowest BCUT2D eigenvalue weighted by atomic mass is 9.99. The largest absolute Gasteiger partial charge is 0.507 e. The van der Waals surface area contributed by atoms with E-state index in [4.69, 9.17) is 5.11 Å². The maximum Gasteiger partial charge on any atom is 0.339 e. The molecule has 3 aromatic rings. The Morgan fingerprint density at radius 3 is 2.18 bits per heavy atom.